The lowest BCUT2D eigenvalue weighted by Crippen LogP contribution is -2.07. The van der Waals surface area contributed by atoms with Crippen molar-refractivity contribution in [1.82, 2.24) is 29.9 Å². The second-order valence-electron chi connectivity index (χ2n) is 7.16. The number of hydrogen-bond acceptors (Lipinski definition) is 7. The van der Waals surface area contributed by atoms with Crippen LogP contribution in [0.2, 0.25) is 0 Å². The maximum Gasteiger partial charge on any atom is 0.182 e. The molecule has 5 rings (SSSR count). The molecule has 4 aromatic heterocycles. The van der Waals surface area contributed by atoms with E-state index in [-0.39, 0.29) is 12.4 Å². The number of aryl methyl sites for hydroxylation is 1. The first-order valence-corrected chi connectivity index (χ1v) is 9.88. The van der Waals surface area contributed by atoms with Gasteiger partial charge in [-0.3, -0.25) is 9.67 Å². The maximum atomic E-state index is 14.3. The van der Waals surface area contributed by atoms with Crippen molar-refractivity contribution in [1.29, 1.82) is 0 Å². The van der Waals surface area contributed by atoms with Crippen LogP contribution in [-0.2, 0) is 6.54 Å². The predicted octanol–water partition coefficient (Wildman–Crippen LogP) is 4.14. The van der Waals surface area contributed by atoms with Gasteiger partial charge in [-0.2, -0.15) is 5.10 Å². The Labute approximate surface area is 182 Å². The molecule has 9 heteroatoms. The summed E-state index contributed by atoms with van der Waals surface area (Å²) in [4.78, 5) is 13.4. The van der Waals surface area contributed by atoms with Crippen LogP contribution in [-0.4, -0.2) is 29.9 Å². The fourth-order valence-electron chi connectivity index (χ4n) is 3.52. The van der Waals surface area contributed by atoms with E-state index in [0.717, 1.165) is 0 Å². The quantitative estimate of drug-likeness (QED) is 0.449. The first-order valence-electron chi connectivity index (χ1n) is 9.88. The highest BCUT2D eigenvalue weighted by Gasteiger charge is 2.19. The van der Waals surface area contributed by atoms with E-state index in [0.29, 0.717) is 51.2 Å². The van der Waals surface area contributed by atoms with Crippen molar-refractivity contribution >= 4 is 5.82 Å². The van der Waals surface area contributed by atoms with Crippen molar-refractivity contribution in [3.8, 4) is 34.2 Å². The molecule has 0 atom stereocenters. The first kappa shape index (κ1) is 19.6. The maximum absolute atomic E-state index is 14.3. The topological polar surface area (TPSA) is 109 Å². The second-order valence-corrected chi connectivity index (χ2v) is 7.16. The summed E-state index contributed by atoms with van der Waals surface area (Å²) in [5.41, 5.74) is 10.5. The summed E-state index contributed by atoms with van der Waals surface area (Å²) < 4.78 is 20.9. The standard InChI is InChI=1S/C23H18FN7O/c1-14-21(18-8-4-5-10-26-18)22(25)28-23(27-14)19-12-20(17-9-11-32-30-17)31(29-19)13-15-6-2-3-7-16(15)24/h2-12H,13H2,1H3,(H2,25,27,28). The van der Waals surface area contributed by atoms with Crippen LogP contribution in [0.25, 0.3) is 34.2 Å². The fraction of sp³-hybridized carbons (Fsp3) is 0.0870. The molecule has 0 aliphatic rings. The van der Waals surface area contributed by atoms with Gasteiger partial charge < -0.3 is 10.3 Å². The summed E-state index contributed by atoms with van der Waals surface area (Å²) in [6.07, 6.45) is 3.16. The van der Waals surface area contributed by atoms with Gasteiger partial charge in [0.2, 0.25) is 0 Å². The van der Waals surface area contributed by atoms with Crippen molar-refractivity contribution in [3.05, 3.63) is 84.1 Å². The van der Waals surface area contributed by atoms with Gasteiger partial charge in [0.05, 0.1) is 29.2 Å². The monoisotopic (exact) mass is 427 g/mol. The third-order valence-electron chi connectivity index (χ3n) is 5.03. The van der Waals surface area contributed by atoms with E-state index in [9.17, 15) is 4.39 Å². The highest BCUT2D eigenvalue weighted by Crippen LogP contribution is 2.30. The zero-order valence-electron chi connectivity index (χ0n) is 17.1. The van der Waals surface area contributed by atoms with E-state index in [2.05, 4.69) is 25.2 Å². The Hall–Kier alpha value is -4.40. The molecule has 32 heavy (non-hydrogen) atoms. The minimum Gasteiger partial charge on any atom is -0.383 e. The molecule has 0 amide bonds. The van der Waals surface area contributed by atoms with Gasteiger partial charge in [-0.05, 0) is 31.2 Å². The Morgan fingerprint density at radius 2 is 1.84 bits per heavy atom. The van der Waals surface area contributed by atoms with E-state index in [1.54, 1.807) is 41.2 Å². The molecule has 0 saturated heterocycles. The van der Waals surface area contributed by atoms with Crippen molar-refractivity contribution in [3.63, 3.8) is 0 Å². The zero-order chi connectivity index (χ0) is 22.1. The summed E-state index contributed by atoms with van der Waals surface area (Å²) in [5.74, 6) is 0.348. The number of nitrogen functional groups attached to an aromatic ring is 1. The van der Waals surface area contributed by atoms with Crippen molar-refractivity contribution in [2.45, 2.75) is 13.5 Å². The normalized spacial score (nSPS) is 11.1. The molecule has 0 aliphatic carbocycles. The molecule has 0 radical (unpaired) electrons. The van der Waals surface area contributed by atoms with E-state index in [1.807, 2.05) is 25.1 Å². The fourth-order valence-corrected chi connectivity index (χ4v) is 3.52. The third kappa shape index (κ3) is 3.60. The van der Waals surface area contributed by atoms with E-state index >= 15 is 0 Å². The Kier molecular flexibility index (Phi) is 4.91. The Bertz CT molecular complexity index is 1360. The molecule has 0 bridgehead atoms. The molecule has 4 heterocycles. The van der Waals surface area contributed by atoms with Crippen LogP contribution < -0.4 is 5.73 Å². The molecular formula is C23H18FN7O. The van der Waals surface area contributed by atoms with Gasteiger partial charge in [0.15, 0.2) is 5.82 Å². The summed E-state index contributed by atoms with van der Waals surface area (Å²) in [6, 6.07) is 15.6. The minimum absolute atomic E-state index is 0.204. The van der Waals surface area contributed by atoms with Crippen LogP contribution in [0.4, 0.5) is 10.2 Å². The molecule has 158 valence electrons. The SMILES string of the molecule is Cc1nc(-c2cc(-c3ccon3)n(Cc3ccccc3F)n2)nc(N)c1-c1ccccn1. The molecule has 0 saturated carbocycles. The zero-order valence-corrected chi connectivity index (χ0v) is 17.1. The number of benzene rings is 1. The molecule has 1 aromatic carbocycles. The van der Waals surface area contributed by atoms with Crippen LogP contribution in [0.1, 0.15) is 11.3 Å². The lowest BCUT2D eigenvalue weighted by Gasteiger charge is -2.09. The second kappa shape index (κ2) is 8.03. The number of nitrogens with zero attached hydrogens (tertiary/aromatic N) is 6. The molecule has 0 fully saturated rings. The average molecular weight is 427 g/mol. The average Bonchev–Trinajstić information content (AvgIpc) is 3.46. The Balaban J connectivity index is 1.59. The molecule has 0 aliphatic heterocycles. The number of pyridine rings is 1. The van der Waals surface area contributed by atoms with Crippen LogP contribution in [0.15, 0.2) is 71.6 Å². The van der Waals surface area contributed by atoms with Crippen molar-refractivity contribution < 1.29 is 8.91 Å². The van der Waals surface area contributed by atoms with Gasteiger partial charge in [0.1, 0.15) is 29.3 Å². The molecule has 2 N–H and O–H groups in total. The largest absolute Gasteiger partial charge is 0.383 e. The molecule has 0 spiro atoms. The minimum atomic E-state index is -0.313. The summed E-state index contributed by atoms with van der Waals surface area (Å²) >= 11 is 0. The third-order valence-corrected chi connectivity index (χ3v) is 5.03. The molecule has 8 nitrogen and oxygen atoms in total. The smallest absolute Gasteiger partial charge is 0.182 e. The number of rotatable bonds is 5. The Morgan fingerprint density at radius 1 is 1.00 bits per heavy atom. The van der Waals surface area contributed by atoms with Gasteiger partial charge in [0, 0.05) is 17.8 Å². The number of aromatic nitrogens is 6. The molecular weight excluding hydrogens is 409 g/mol. The highest BCUT2D eigenvalue weighted by molar-refractivity contribution is 5.75. The van der Waals surface area contributed by atoms with Gasteiger partial charge >= 0.3 is 0 Å². The molecule has 0 unspecified atom stereocenters. The summed E-state index contributed by atoms with van der Waals surface area (Å²) in [7, 11) is 0. The van der Waals surface area contributed by atoms with Gasteiger partial charge in [0.25, 0.3) is 0 Å². The Morgan fingerprint density at radius 3 is 2.56 bits per heavy atom. The number of anilines is 1. The van der Waals surface area contributed by atoms with Gasteiger partial charge in [-0.25, -0.2) is 14.4 Å². The van der Waals surface area contributed by atoms with Crippen LogP contribution in [0, 0.1) is 12.7 Å². The van der Waals surface area contributed by atoms with Gasteiger partial charge in [-0.15, -0.1) is 0 Å². The van der Waals surface area contributed by atoms with E-state index in [1.165, 1.54) is 12.3 Å². The number of nitrogens with two attached hydrogens (primary N) is 1. The number of halogens is 1. The van der Waals surface area contributed by atoms with E-state index < -0.39 is 0 Å². The lowest BCUT2D eigenvalue weighted by atomic mass is 10.1. The summed E-state index contributed by atoms with van der Waals surface area (Å²) in [6.45, 7) is 2.05. The van der Waals surface area contributed by atoms with Crippen LogP contribution >= 0.6 is 0 Å². The number of hydrogen-bond donors (Lipinski definition) is 1. The predicted molar refractivity (Wildman–Crippen MR) is 117 cm³/mol. The van der Waals surface area contributed by atoms with Crippen molar-refractivity contribution in [2.75, 3.05) is 5.73 Å². The molecule has 5 aromatic rings. The summed E-state index contributed by atoms with van der Waals surface area (Å²) in [5, 5.41) is 8.63. The van der Waals surface area contributed by atoms with Crippen LogP contribution in [0.3, 0.4) is 0 Å². The van der Waals surface area contributed by atoms with E-state index in [4.69, 9.17) is 10.3 Å². The van der Waals surface area contributed by atoms with Crippen LogP contribution in [0.5, 0.6) is 0 Å². The first-order chi connectivity index (χ1) is 15.6. The lowest BCUT2D eigenvalue weighted by molar-refractivity contribution is 0.421. The van der Waals surface area contributed by atoms with Gasteiger partial charge in [-0.1, -0.05) is 29.4 Å². The van der Waals surface area contributed by atoms with Crippen molar-refractivity contribution in [2.24, 2.45) is 0 Å². The highest BCUT2D eigenvalue weighted by atomic mass is 19.1.